The van der Waals surface area contributed by atoms with Gasteiger partial charge in [-0.15, -0.1) is 0 Å². The number of carbonyl (C=O) groups is 3. The molecule has 0 aliphatic heterocycles. The van der Waals surface area contributed by atoms with Gasteiger partial charge >= 0.3 is 11.9 Å². The Labute approximate surface area is 150 Å². The highest BCUT2D eigenvalue weighted by Crippen LogP contribution is 2.47. The molecule has 0 bridgehead atoms. The van der Waals surface area contributed by atoms with Crippen LogP contribution in [0.1, 0.15) is 24.8 Å². The normalized spacial score (nSPS) is 28.3. The average molecular weight is 366 g/mol. The number of Topliss-reactive ketones (excluding diaryl/α,β-unsaturated/α-hetero) is 1. The Morgan fingerprint density at radius 3 is 2.31 bits per heavy atom. The maximum Gasteiger partial charge on any atom is 0.316 e. The van der Waals surface area contributed by atoms with Crippen molar-refractivity contribution >= 4 is 17.7 Å². The fourth-order valence-corrected chi connectivity index (χ4v) is 3.57. The van der Waals surface area contributed by atoms with Crippen LogP contribution in [0.4, 0.5) is 0 Å². The first-order chi connectivity index (χ1) is 12.2. The minimum Gasteiger partial charge on any atom is -0.504 e. The Hall–Kier alpha value is -2.61. The lowest BCUT2D eigenvalue weighted by Crippen LogP contribution is -2.55. The number of esters is 2. The van der Waals surface area contributed by atoms with Gasteiger partial charge in [0, 0.05) is 12.3 Å². The van der Waals surface area contributed by atoms with Crippen LogP contribution in [0.5, 0.6) is 11.5 Å². The van der Waals surface area contributed by atoms with Gasteiger partial charge in [-0.05, 0) is 24.6 Å². The van der Waals surface area contributed by atoms with Crippen molar-refractivity contribution in [3.05, 3.63) is 23.8 Å². The zero-order valence-electron chi connectivity index (χ0n) is 15.0. The smallest absolute Gasteiger partial charge is 0.316 e. The Bertz CT molecular complexity index is 724. The van der Waals surface area contributed by atoms with Crippen molar-refractivity contribution in [2.75, 3.05) is 21.3 Å². The van der Waals surface area contributed by atoms with Gasteiger partial charge in [-0.25, -0.2) is 0 Å². The molecule has 142 valence electrons. The molecule has 0 radical (unpaired) electrons. The zero-order chi connectivity index (χ0) is 19.6. The third kappa shape index (κ3) is 3.37. The fourth-order valence-electron chi connectivity index (χ4n) is 3.57. The van der Waals surface area contributed by atoms with Crippen molar-refractivity contribution in [1.82, 2.24) is 0 Å². The molecule has 2 N–H and O–H groups in total. The van der Waals surface area contributed by atoms with E-state index >= 15 is 0 Å². The lowest BCUT2D eigenvalue weighted by Gasteiger charge is -2.43. The van der Waals surface area contributed by atoms with Crippen LogP contribution in [-0.2, 0) is 23.9 Å². The monoisotopic (exact) mass is 366 g/mol. The number of aliphatic hydroxyl groups is 1. The molecule has 0 spiro atoms. The summed E-state index contributed by atoms with van der Waals surface area (Å²) in [5.41, 5.74) is -1.36. The lowest BCUT2D eigenvalue weighted by atomic mass is 9.61. The highest BCUT2D eigenvalue weighted by molar-refractivity contribution is 6.02. The van der Waals surface area contributed by atoms with E-state index in [1.54, 1.807) is 0 Å². The second kappa shape index (κ2) is 7.33. The summed E-state index contributed by atoms with van der Waals surface area (Å²) in [6.07, 6.45) is -0.391. The van der Waals surface area contributed by atoms with E-state index < -0.39 is 47.5 Å². The number of ketones is 1. The number of carbonyl (C=O) groups excluding carboxylic acids is 3. The number of methoxy groups -OCH3 is 3. The van der Waals surface area contributed by atoms with Crippen molar-refractivity contribution in [3.8, 4) is 11.5 Å². The van der Waals surface area contributed by atoms with Crippen LogP contribution in [0.15, 0.2) is 18.2 Å². The van der Waals surface area contributed by atoms with E-state index in [1.807, 2.05) is 0 Å². The van der Waals surface area contributed by atoms with Crippen LogP contribution in [0, 0.1) is 11.8 Å². The first-order valence-corrected chi connectivity index (χ1v) is 7.95. The molecule has 0 heterocycles. The van der Waals surface area contributed by atoms with Crippen LogP contribution >= 0.6 is 0 Å². The van der Waals surface area contributed by atoms with Gasteiger partial charge in [0.15, 0.2) is 17.3 Å². The van der Waals surface area contributed by atoms with Gasteiger partial charge in [-0.1, -0.05) is 6.07 Å². The Balaban J connectivity index is 2.69. The van der Waals surface area contributed by atoms with E-state index in [0.29, 0.717) is 5.56 Å². The van der Waals surface area contributed by atoms with Gasteiger partial charge in [0.25, 0.3) is 0 Å². The predicted octanol–water partition coefficient (Wildman–Crippen LogP) is 0.787. The number of hydrogen-bond donors (Lipinski definition) is 2. The molecule has 26 heavy (non-hydrogen) atoms. The van der Waals surface area contributed by atoms with Crippen LogP contribution < -0.4 is 4.74 Å². The molecule has 1 aliphatic carbocycles. The van der Waals surface area contributed by atoms with Crippen LogP contribution in [0.25, 0.3) is 0 Å². The van der Waals surface area contributed by atoms with Gasteiger partial charge in [0.1, 0.15) is 5.92 Å². The molecular weight excluding hydrogens is 344 g/mol. The van der Waals surface area contributed by atoms with Crippen LogP contribution in [0.3, 0.4) is 0 Å². The second-order valence-corrected chi connectivity index (χ2v) is 6.46. The van der Waals surface area contributed by atoms with Gasteiger partial charge in [0.2, 0.25) is 0 Å². The summed E-state index contributed by atoms with van der Waals surface area (Å²) in [6.45, 7) is 1.35. The standard InChI is InChI=1S/C18H22O8/c1-18(23)8-11(20)14(16(21)25-3)13(15(18)17(22)26-4)9-5-6-10(19)12(7-9)24-2/h5-7,13-15,19,23H,8H2,1-4H3/t13-,14-,15+,18+/m0/s1. The molecule has 0 amide bonds. The summed E-state index contributed by atoms with van der Waals surface area (Å²) in [5, 5.41) is 20.5. The number of ether oxygens (including phenoxy) is 3. The summed E-state index contributed by atoms with van der Waals surface area (Å²) in [5.74, 6) is -5.67. The van der Waals surface area contributed by atoms with Crippen molar-refractivity contribution in [3.63, 3.8) is 0 Å². The lowest BCUT2D eigenvalue weighted by molar-refractivity contribution is -0.170. The predicted molar refractivity (Wildman–Crippen MR) is 88.7 cm³/mol. The molecule has 0 saturated heterocycles. The van der Waals surface area contributed by atoms with Crippen molar-refractivity contribution in [1.29, 1.82) is 0 Å². The summed E-state index contributed by atoms with van der Waals surface area (Å²) >= 11 is 0. The minimum atomic E-state index is -1.72. The second-order valence-electron chi connectivity index (χ2n) is 6.46. The summed E-state index contributed by atoms with van der Waals surface area (Å²) in [4.78, 5) is 37.3. The van der Waals surface area contributed by atoms with E-state index in [0.717, 1.165) is 14.2 Å². The van der Waals surface area contributed by atoms with E-state index in [4.69, 9.17) is 14.2 Å². The molecule has 1 fully saturated rings. The largest absolute Gasteiger partial charge is 0.504 e. The third-order valence-corrected chi connectivity index (χ3v) is 4.77. The molecule has 4 atom stereocenters. The molecule has 2 rings (SSSR count). The number of aromatic hydroxyl groups is 1. The van der Waals surface area contributed by atoms with Crippen molar-refractivity contribution in [2.24, 2.45) is 11.8 Å². The molecule has 1 aromatic carbocycles. The first-order valence-electron chi connectivity index (χ1n) is 7.95. The van der Waals surface area contributed by atoms with E-state index in [-0.39, 0.29) is 11.5 Å². The molecular formula is C18H22O8. The molecule has 0 unspecified atom stereocenters. The Kier molecular flexibility index (Phi) is 5.56. The van der Waals surface area contributed by atoms with Gasteiger partial charge in [-0.2, -0.15) is 0 Å². The van der Waals surface area contributed by atoms with Crippen LogP contribution in [0.2, 0.25) is 0 Å². The third-order valence-electron chi connectivity index (χ3n) is 4.77. The van der Waals surface area contributed by atoms with E-state index in [9.17, 15) is 24.6 Å². The number of hydrogen-bond acceptors (Lipinski definition) is 8. The molecule has 1 aliphatic rings. The number of rotatable bonds is 4. The highest BCUT2D eigenvalue weighted by Gasteiger charge is 2.57. The maximum absolute atomic E-state index is 12.6. The Morgan fingerprint density at radius 2 is 1.77 bits per heavy atom. The van der Waals surface area contributed by atoms with Crippen molar-refractivity contribution < 1.29 is 38.8 Å². The number of phenols is 1. The minimum absolute atomic E-state index is 0.104. The van der Waals surface area contributed by atoms with Gasteiger partial charge in [0.05, 0.1) is 32.8 Å². The van der Waals surface area contributed by atoms with Crippen LogP contribution in [-0.4, -0.2) is 54.9 Å². The fraction of sp³-hybridized carbons (Fsp3) is 0.500. The molecule has 8 nitrogen and oxygen atoms in total. The quantitative estimate of drug-likeness (QED) is 0.593. The van der Waals surface area contributed by atoms with E-state index in [1.165, 1.54) is 32.2 Å². The van der Waals surface area contributed by atoms with Gasteiger partial charge < -0.3 is 24.4 Å². The van der Waals surface area contributed by atoms with Gasteiger partial charge in [-0.3, -0.25) is 14.4 Å². The summed E-state index contributed by atoms with van der Waals surface area (Å²) < 4.78 is 14.6. The van der Waals surface area contributed by atoms with Crippen molar-refractivity contribution in [2.45, 2.75) is 24.9 Å². The first kappa shape index (κ1) is 19.7. The highest BCUT2D eigenvalue weighted by atomic mass is 16.5. The van der Waals surface area contributed by atoms with E-state index in [2.05, 4.69) is 0 Å². The molecule has 1 saturated carbocycles. The zero-order valence-corrected chi connectivity index (χ0v) is 15.0. The SMILES string of the molecule is COC(=O)[C@H]1C(=O)C[C@@](C)(O)[C@@H](C(=O)OC)[C@H]1c1ccc(O)c(OC)c1. The average Bonchev–Trinajstić information content (AvgIpc) is 2.59. The molecule has 8 heteroatoms. The summed E-state index contributed by atoms with van der Waals surface area (Å²) in [7, 11) is 3.65. The number of phenolic OH excluding ortho intramolecular Hbond substituents is 1. The summed E-state index contributed by atoms with van der Waals surface area (Å²) in [6, 6.07) is 4.20. The number of benzene rings is 1. The molecule has 0 aromatic heterocycles. The Morgan fingerprint density at radius 1 is 1.15 bits per heavy atom. The topological polar surface area (TPSA) is 119 Å². The maximum atomic E-state index is 12.6. The molecule has 1 aromatic rings.